The number of halogens is 1. The first kappa shape index (κ1) is 16.6. The fourth-order valence-corrected chi connectivity index (χ4v) is 2.48. The fraction of sp³-hybridized carbons (Fsp3) is 0.500. The van der Waals surface area contributed by atoms with Crippen molar-refractivity contribution in [3.05, 3.63) is 28.8 Å². The monoisotopic (exact) mass is 325 g/mol. The summed E-state index contributed by atoms with van der Waals surface area (Å²) in [6.45, 7) is 2.36. The zero-order valence-corrected chi connectivity index (χ0v) is 13.2. The molecule has 5 nitrogen and oxygen atoms in total. The van der Waals surface area contributed by atoms with Crippen LogP contribution in [0.25, 0.3) is 0 Å². The van der Waals surface area contributed by atoms with Crippen molar-refractivity contribution in [2.45, 2.75) is 38.6 Å². The van der Waals surface area contributed by atoms with E-state index in [4.69, 9.17) is 21.4 Å². The molecule has 0 saturated heterocycles. The van der Waals surface area contributed by atoms with Crippen molar-refractivity contribution in [1.82, 2.24) is 5.32 Å². The lowest BCUT2D eigenvalue weighted by atomic mass is 9.80. The van der Waals surface area contributed by atoms with E-state index >= 15 is 0 Å². The maximum absolute atomic E-state index is 11.7. The van der Waals surface area contributed by atoms with Gasteiger partial charge in [0.15, 0.2) is 0 Å². The number of amides is 1. The van der Waals surface area contributed by atoms with Gasteiger partial charge in [-0.1, -0.05) is 11.6 Å². The van der Waals surface area contributed by atoms with Crippen molar-refractivity contribution in [2.75, 3.05) is 6.61 Å². The Morgan fingerprint density at radius 3 is 2.77 bits per heavy atom. The van der Waals surface area contributed by atoms with Gasteiger partial charge in [-0.15, -0.1) is 0 Å². The molecule has 0 radical (unpaired) electrons. The summed E-state index contributed by atoms with van der Waals surface area (Å²) < 4.78 is 5.57. The molecule has 0 aromatic heterocycles. The second-order valence-corrected chi connectivity index (χ2v) is 6.04. The Hall–Kier alpha value is -1.75. The molecule has 1 saturated carbocycles. The highest BCUT2D eigenvalue weighted by molar-refractivity contribution is 6.31. The van der Waals surface area contributed by atoms with Crippen molar-refractivity contribution in [3.63, 3.8) is 0 Å². The van der Waals surface area contributed by atoms with Gasteiger partial charge < -0.3 is 15.2 Å². The highest BCUT2D eigenvalue weighted by Gasteiger charge is 2.34. The van der Waals surface area contributed by atoms with Gasteiger partial charge in [0.2, 0.25) is 5.91 Å². The van der Waals surface area contributed by atoms with Crippen LogP contribution in [0.15, 0.2) is 18.2 Å². The standard InChI is InChI=1S/C16H20ClNO4/c1-10-7-13(4-5-14(10)17)22-6-2-3-15(19)18-12-8-11(9-12)16(20)21/h4-5,7,11-12H,2-3,6,8-9H2,1H3,(H,18,19)(H,20,21). The van der Waals surface area contributed by atoms with Crippen molar-refractivity contribution >= 4 is 23.5 Å². The zero-order valence-electron chi connectivity index (χ0n) is 12.5. The first-order valence-electron chi connectivity index (χ1n) is 7.37. The summed E-state index contributed by atoms with van der Waals surface area (Å²) in [5, 5.41) is 12.3. The Morgan fingerprint density at radius 1 is 1.41 bits per heavy atom. The molecule has 0 aliphatic heterocycles. The third-order valence-electron chi connectivity index (χ3n) is 3.80. The molecule has 2 rings (SSSR count). The summed E-state index contributed by atoms with van der Waals surface area (Å²) in [5.74, 6) is -0.394. The summed E-state index contributed by atoms with van der Waals surface area (Å²) in [6, 6.07) is 5.46. The van der Waals surface area contributed by atoms with E-state index < -0.39 is 5.97 Å². The number of carbonyl (C=O) groups excluding carboxylic acids is 1. The van der Waals surface area contributed by atoms with E-state index in [1.54, 1.807) is 12.1 Å². The first-order valence-corrected chi connectivity index (χ1v) is 7.74. The zero-order chi connectivity index (χ0) is 16.1. The minimum absolute atomic E-state index is 0.00781. The molecule has 0 atom stereocenters. The van der Waals surface area contributed by atoms with Crippen LogP contribution in [0.1, 0.15) is 31.2 Å². The van der Waals surface area contributed by atoms with Crippen molar-refractivity contribution < 1.29 is 19.4 Å². The third kappa shape index (κ3) is 4.63. The summed E-state index contributed by atoms with van der Waals surface area (Å²) in [4.78, 5) is 22.4. The van der Waals surface area contributed by atoms with E-state index in [9.17, 15) is 9.59 Å². The van der Waals surface area contributed by atoms with Gasteiger partial charge in [0.05, 0.1) is 12.5 Å². The summed E-state index contributed by atoms with van der Waals surface area (Å²) >= 11 is 5.94. The molecule has 1 aromatic carbocycles. The molecule has 0 unspecified atom stereocenters. The highest BCUT2D eigenvalue weighted by Crippen LogP contribution is 2.27. The molecule has 0 spiro atoms. The molecule has 1 aliphatic carbocycles. The van der Waals surface area contributed by atoms with Crippen molar-refractivity contribution in [1.29, 1.82) is 0 Å². The first-order chi connectivity index (χ1) is 10.5. The number of carboxylic acids is 1. The van der Waals surface area contributed by atoms with Gasteiger partial charge in [-0.05, 0) is 49.9 Å². The average molecular weight is 326 g/mol. The molecule has 1 fully saturated rings. The molecular formula is C16H20ClNO4. The van der Waals surface area contributed by atoms with Crippen LogP contribution in [0, 0.1) is 12.8 Å². The molecule has 1 amide bonds. The molecule has 120 valence electrons. The number of aliphatic carboxylic acids is 1. The quantitative estimate of drug-likeness (QED) is 0.756. The van der Waals surface area contributed by atoms with Crippen LogP contribution in [0.5, 0.6) is 5.75 Å². The molecule has 0 heterocycles. The number of nitrogens with one attached hydrogen (secondary N) is 1. The Bertz CT molecular complexity index is 555. The topological polar surface area (TPSA) is 75.6 Å². The number of benzene rings is 1. The van der Waals surface area contributed by atoms with Crippen LogP contribution in [0.3, 0.4) is 0 Å². The molecule has 22 heavy (non-hydrogen) atoms. The smallest absolute Gasteiger partial charge is 0.306 e. The van der Waals surface area contributed by atoms with Gasteiger partial charge in [0.25, 0.3) is 0 Å². The minimum Gasteiger partial charge on any atom is -0.494 e. The van der Waals surface area contributed by atoms with E-state index in [0.717, 1.165) is 11.3 Å². The maximum atomic E-state index is 11.7. The van der Waals surface area contributed by atoms with E-state index in [1.165, 1.54) is 0 Å². The van der Waals surface area contributed by atoms with E-state index in [-0.39, 0.29) is 17.9 Å². The molecule has 0 bridgehead atoms. The molecule has 6 heteroatoms. The van der Waals surface area contributed by atoms with Crippen LogP contribution < -0.4 is 10.1 Å². The fourth-order valence-electron chi connectivity index (χ4n) is 2.37. The molecule has 1 aliphatic rings. The minimum atomic E-state index is -0.780. The van der Waals surface area contributed by atoms with Gasteiger partial charge in [0.1, 0.15) is 5.75 Å². The Labute approximate surface area is 134 Å². The van der Waals surface area contributed by atoms with Crippen molar-refractivity contribution in [2.24, 2.45) is 5.92 Å². The Kier molecular flexibility index (Phi) is 5.66. The average Bonchev–Trinajstić information content (AvgIpc) is 2.42. The van der Waals surface area contributed by atoms with Crippen LogP contribution in [0.2, 0.25) is 5.02 Å². The SMILES string of the molecule is Cc1cc(OCCCC(=O)NC2CC(C(=O)O)C2)ccc1Cl. The Balaban J connectivity index is 1.59. The van der Waals surface area contributed by atoms with Gasteiger partial charge >= 0.3 is 5.97 Å². The molecule has 1 aromatic rings. The van der Waals surface area contributed by atoms with Gasteiger partial charge in [-0.25, -0.2) is 0 Å². The van der Waals surface area contributed by atoms with Crippen molar-refractivity contribution in [3.8, 4) is 5.75 Å². The number of rotatable bonds is 7. The van der Waals surface area contributed by atoms with Crippen LogP contribution >= 0.6 is 11.6 Å². The lowest BCUT2D eigenvalue weighted by Crippen LogP contribution is -2.46. The normalized spacial score (nSPS) is 20.1. The highest BCUT2D eigenvalue weighted by atomic mass is 35.5. The van der Waals surface area contributed by atoms with Gasteiger partial charge in [0, 0.05) is 17.5 Å². The number of aryl methyl sites for hydroxylation is 1. The summed E-state index contributed by atoms with van der Waals surface area (Å²) in [5.41, 5.74) is 0.954. The predicted molar refractivity (Wildman–Crippen MR) is 83.2 cm³/mol. The maximum Gasteiger partial charge on any atom is 0.306 e. The number of carboxylic acid groups (broad SMARTS) is 1. The lowest BCUT2D eigenvalue weighted by Gasteiger charge is -2.32. The van der Waals surface area contributed by atoms with E-state index in [2.05, 4.69) is 5.32 Å². The Morgan fingerprint density at radius 2 is 2.14 bits per heavy atom. The van der Waals surface area contributed by atoms with E-state index in [0.29, 0.717) is 37.3 Å². The number of hydrogen-bond acceptors (Lipinski definition) is 3. The van der Waals surface area contributed by atoms with E-state index in [1.807, 2.05) is 13.0 Å². The predicted octanol–water partition coefficient (Wildman–Crippen LogP) is 2.79. The number of hydrogen-bond donors (Lipinski definition) is 2. The summed E-state index contributed by atoms with van der Waals surface area (Å²) in [7, 11) is 0. The van der Waals surface area contributed by atoms with Gasteiger partial charge in [-0.2, -0.15) is 0 Å². The largest absolute Gasteiger partial charge is 0.494 e. The van der Waals surface area contributed by atoms with Crippen LogP contribution in [-0.4, -0.2) is 29.6 Å². The number of ether oxygens (including phenoxy) is 1. The third-order valence-corrected chi connectivity index (χ3v) is 4.22. The summed E-state index contributed by atoms with van der Waals surface area (Å²) in [6.07, 6.45) is 2.05. The van der Waals surface area contributed by atoms with Crippen LogP contribution in [0.4, 0.5) is 0 Å². The molecular weight excluding hydrogens is 306 g/mol. The lowest BCUT2D eigenvalue weighted by molar-refractivity contribution is -0.146. The molecule has 2 N–H and O–H groups in total. The van der Waals surface area contributed by atoms with Crippen LogP contribution in [-0.2, 0) is 9.59 Å². The number of carbonyl (C=O) groups is 2. The van der Waals surface area contributed by atoms with Gasteiger partial charge in [-0.3, -0.25) is 9.59 Å². The second kappa shape index (κ2) is 7.49. The second-order valence-electron chi connectivity index (χ2n) is 5.63.